The van der Waals surface area contributed by atoms with Crippen LogP contribution in [0.1, 0.15) is 24.3 Å². The molecule has 1 atom stereocenters. The Bertz CT molecular complexity index is 692. The second kappa shape index (κ2) is 5.83. The monoisotopic (exact) mass is 275 g/mol. The highest BCUT2D eigenvalue weighted by Crippen LogP contribution is 2.09. The molecule has 6 nitrogen and oxygen atoms in total. The molecular formula is C14H17N3O3. The van der Waals surface area contributed by atoms with Crippen LogP contribution < -0.4 is 10.7 Å². The van der Waals surface area contributed by atoms with Gasteiger partial charge in [0.15, 0.2) is 5.69 Å². The number of aliphatic hydroxyl groups excluding tert-OH is 1. The van der Waals surface area contributed by atoms with Gasteiger partial charge in [-0.1, -0.05) is 12.1 Å². The fourth-order valence-corrected chi connectivity index (χ4v) is 1.95. The van der Waals surface area contributed by atoms with Gasteiger partial charge in [0.1, 0.15) is 0 Å². The van der Waals surface area contributed by atoms with Crippen LogP contribution in [0.25, 0.3) is 10.9 Å². The van der Waals surface area contributed by atoms with Crippen LogP contribution >= 0.6 is 0 Å². The summed E-state index contributed by atoms with van der Waals surface area (Å²) in [5.74, 6) is -0.566. The smallest absolute Gasteiger partial charge is 0.275 e. The van der Waals surface area contributed by atoms with Crippen LogP contribution in [0.4, 0.5) is 0 Å². The van der Waals surface area contributed by atoms with Crippen molar-refractivity contribution in [3.63, 3.8) is 0 Å². The standard InChI is InChI=1S/C14H17N3O3/c1-3-17-11-7-5-4-6-10(11)13(19)12(16-17)14(20)15-8-9(2)18/h4-7,9,18H,3,8H2,1-2H3,(H,15,20). The number of carbonyl (C=O) groups is 1. The van der Waals surface area contributed by atoms with Crippen LogP contribution in [0.3, 0.4) is 0 Å². The predicted molar refractivity (Wildman–Crippen MR) is 75.7 cm³/mol. The molecule has 1 heterocycles. The molecule has 1 aromatic heterocycles. The van der Waals surface area contributed by atoms with E-state index >= 15 is 0 Å². The van der Waals surface area contributed by atoms with E-state index in [1.54, 1.807) is 29.8 Å². The van der Waals surface area contributed by atoms with Crippen molar-refractivity contribution in [2.75, 3.05) is 6.54 Å². The van der Waals surface area contributed by atoms with E-state index in [1.165, 1.54) is 0 Å². The van der Waals surface area contributed by atoms with Crippen molar-refractivity contribution in [2.45, 2.75) is 26.5 Å². The number of fused-ring (bicyclic) bond motifs is 1. The van der Waals surface area contributed by atoms with E-state index in [4.69, 9.17) is 0 Å². The number of rotatable bonds is 4. The number of hydrogen-bond acceptors (Lipinski definition) is 4. The highest BCUT2D eigenvalue weighted by atomic mass is 16.3. The maximum atomic E-state index is 12.3. The summed E-state index contributed by atoms with van der Waals surface area (Å²) in [5.41, 5.74) is 0.159. The molecule has 0 aliphatic rings. The Hall–Kier alpha value is -2.21. The summed E-state index contributed by atoms with van der Waals surface area (Å²) in [6, 6.07) is 7.05. The van der Waals surface area contributed by atoms with Crippen LogP contribution in [-0.2, 0) is 6.54 Å². The number of carbonyl (C=O) groups excluding carboxylic acids is 1. The molecule has 0 saturated heterocycles. The van der Waals surface area contributed by atoms with Gasteiger partial charge in [0, 0.05) is 18.5 Å². The molecule has 1 aromatic carbocycles. The van der Waals surface area contributed by atoms with Crippen molar-refractivity contribution < 1.29 is 9.90 Å². The molecule has 0 radical (unpaired) electrons. The van der Waals surface area contributed by atoms with E-state index in [2.05, 4.69) is 10.4 Å². The van der Waals surface area contributed by atoms with Crippen molar-refractivity contribution in [3.05, 3.63) is 40.2 Å². The van der Waals surface area contributed by atoms with E-state index in [0.29, 0.717) is 17.4 Å². The summed E-state index contributed by atoms with van der Waals surface area (Å²) in [7, 11) is 0. The number of aromatic nitrogens is 2. The molecule has 106 valence electrons. The van der Waals surface area contributed by atoms with Crippen LogP contribution in [0, 0.1) is 0 Å². The zero-order valence-electron chi connectivity index (χ0n) is 11.5. The molecule has 0 bridgehead atoms. The van der Waals surface area contributed by atoms with Crippen molar-refractivity contribution in [2.24, 2.45) is 0 Å². The van der Waals surface area contributed by atoms with E-state index in [9.17, 15) is 14.7 Å². The van der Waals surface area contributed by atoms with Gasteiger partial charge in [-0.05, 0) is 26.0 Å². The van der Waals surface area contributed by atoms with Gasteiger partial charge >= 0.3 is 0 Å². The Morgan fingerprint density at radius 2 is 2.15 bits per heavy atom. The molecule has 1 unspecified atom stereocenters. The number of aliphatic hydroxyl groups is 1. The molecule has 0 fully saturated rings. The Labute approximate surface area is 116 Å². The highest BCUT2D eigenvalue weighted by molar-refractivity contribution is 5.95. The quantitative estimate of drug-likeness (QED) is 0.852. The van der Waals surface area contributed by atoms with Gasteiger partial charge in [0.25, 0.3) is 5.91 Å². The fourth-order valence-electron chi connectivity index (χ4n) is 1.95. The number of benzene rings is 1. The summed E-state index contributed by atoms with van der Waals surface area (Å²) in [6.45, 7) is 4.08. The van der Waals surface area contributed by atoms with Crippen LogP contribution in [0.2, 0.25) is 0 Å². The topological polar surface area (TPSA) is 84.2 Å². The first-order valence-corrected chi connectivity index (χ1v) is 6.50. The lowest BCUT2D eigenvalue weighted by Crippen LogP contribution is -2.35. The maximum absolute atomic E-state index is 12.3. The SMILES string of the molecule is CCn1nc(C(=O)NCC(C)O)c(=O)c2ccccc21. The molecular weight excluding hydrogens is 258 g/mol. The molecule has 2 N–H and O–H groups in total. The van der Waals surface area contributed by atoms with Crippen LogP contribution in [-0.4, -0.2) is 33.4 Å². The number of para-hydroxylation sites is 1. The average molecular weight is 275 g/mol. The zero-order valence-corrected chi connectivity index (χ0v) is 11.5. The summed E-state index contributed by atoms with van der Waals surface area (Å²) in [6.07, 6.45) is -0.673. The molecule has 1 amide bonds. The van der Waals surface area contributed by atoms with E-state index in [-0.39, 0.29) is 12.2 Å². The molecule has 6 heteroatoms. The summed E-state index contributed by atoms with van der Waals surface area (Å²) < 4.78 is 1.62. The first kappa shape index (κ1) is 14.2. The minimum atomic E-state index is -0.673. The third-order valence-electron chi connectivity index (χ3n) is 2.94. The molecule has 0 aliphatic carbocycles. The largest absolute Gasteiger partial charge is 0.392 e. The number of aryl methyl sites for hydroxylation is 1. The summed E-state index contributed by atoms with van der Waals surface area (Å²) in [4.78, 5) is 24.3. The third kappa shape index (κ3) is 2.70. The van der Waals surface area contributed by atoms with Crippen molar-refractivity contribution in [1.29, 1.82) is 0 Å². The Morgan fingerprint density at radius 1 is 1.45 bits per heavy atom. The van der Waals surface area contributed by atoms with E-state index < -0.39 is 17.4 Å². The second-order valence-electron chi connectivity index (χ2n) is 4.57. The van der Waals surface area contributed by atoms with E-state index in [0.717, 1.165) is 0 Å². The van der Waals surface area contributed by atoms with Crippen LogP contribution in [0.15, 0.2) is 29.1 Å². The third-order valence-corrected chi connectivity index (χ3v) is 2.94. The van der Waals surface area contributed by atoms with E-state index in [1.807, 2.05) is 13.0 Å². The first-order chi connectivity index (χ1) is 9.54. The van der Waals surface area contributed by atoms with Crippen molar-refractivity contribution in [3.8, 4) is 0 Å². The second-order valence-corrected chi connectivity index (χ2v) is 4.57. The van der Waals surface area contributed by atoms with Crippen molar-refractivity contribution in [1.82, 2.24) is 15.1 Å². The molecule has 2 rings (SSSR count). The van der Waals surface area contributed by atoms with Gasteiger partial charge in [-0.25, -0.2) is 0 Å². The van der Waals surface area contributed by atoms with Gasteiger partial charge in [-0.15, -0.1) is 0 Å². The predicted octanol–water partition coefficient (Wildman–Crippen LogP) is 0.527. The van der Waals surface area contributed by atoms with Gasteiger partial charge in [0.05, 0.1) is 11.6 Å². The highest BCUT2D eigenvalue weighted by Gasteiger charge is 2.16. The maximum Gasteiger partial charge on any atom is 0.275 e. The first-order valence-electron chi connectivity index (χ1n) is 6.50. The minimum absolute atomic E-state index is 0.0822. The van der Waals surface area contributed by atoms with Gasteiger partial charge in [-0.3, -0.25) is 14.3 Å². The number of nitrogens with one attached hydrogen (secondary N) is 1. The lowest BCUT2D eigenvalue weighted by atomic mass is 10.2. The lowest BCUT2D eigenvalue weighted by molar-refractivity contribution is 0.0916. The fraction of sp³-hybridized carbons (Fsp3) is 0.357. The number of nitrogens with zero attached hydrogens (tertiary/aromatic N) is 2. The minimum Gasteiger partial charge on any atom is -0.392 e. The summed E-state index contributed by atoms with van der Waals surface area (Å²) >= 11 is 0. The zero-order chi connectivity index (χ0) is 14.7. The molecule has 20 heavy (non-hydrogen) atoms. The Kier molecular flexibility index (Phi) is 4.14. The number of amides is 1. The molecule has 0 aliphatic heterocycles. The van der Waals surface area contributed by atoms with Gasteiger partial charge < -0.3 is 10.4 Å². The summed E-state index contributed by atoms with van der Waals surface area (Å²) in [5, 5.41) is 16.2. The average Bonchev–Trinajstić information content (AvgIpc) is 2.45. The molecule has 0 saturated carbocycles. The van der Waals surface area contributed by atoms with Gasteiger partial charge in [-0.2, -0.15) is 5.10 Å². The molecule has 2 aromatic rings. The Balaban J connectivity index is 2.52. The normalized spacial score (nSPS) is 12.3. The Morgan fingerprint density at radius 3 is 2.80 bits per heavy atom. The lowest BCUT2D eigenvalue weighted by Gasteiger charge is -2.10. The van der Waals surface area contributed by atoms with Gasteiger partial charge in [0.2, 0.25) is 5.43 Å². The molecule has 0 spiro atoms. The van der Waals surface area contributed by atoms with Crippen molar-refractivity contribution >= 4 is 16.8 Å². The number of hydrogen-bond donors (Lipinski definition) is 2. The van der Waals surface area contributed by atoms with Crippen LogP contribution in [0.5, 0.6) is 0 Å².